The van der Waals surface area contributed by atoms with Crippen molar-refractivity contribution in [2.24, 2.45) is 0 Å². The van der Waals surface area contributed by atoms with E-state index in [4.69, 9.17) is 9.31 Å². The Hall–Kier alpha value is -0.915. The van der Waals surface area contributed by atoms with Crippen LogP contribution in [0.5, 0.6) is 0 Å². The van der Waals surface area contributed by atoms with Crippen LogP contribution in [0.25, 0.3) is 0 Å². The molecule has 26 heavy (non-hydrogen) atoms. The molecule has 6 heteroatoms. The van der Waals surface area contributed by atoms with Crippen LogP contribution in [-0.4, -0.2) is 66.5 Å². The molecule has 1 unspecified atom stereocenters. The number of nitrogens with zero attached hydrogens (tertiary/aromatic N) is 2. The highest BCUT2D eigenvalue weighted by atomic mass is 16.7. The third-order valence-corrected chi connectivity index (χ3v) is 6.44. The average Bonchev–Trinajstić information content (AvgIpc) is 2.75. The van der Waals surface area contributed by atoms with Crippen LogP contribution in [0.15, 0.2) is 18.2 Å². The molecule has 0 saturated carbocycles. The Balaban J connectivity index is 1.82. The van der Waals surface area contributed by atoms with Crippen molar-refractivity contribution in [1.29, 1.82) is 0 Å². The van der Waals surface area contributed by atoms with Gasteiger partial charge in [0.25, 0.3) is 0 Å². The van der Waals surface area contributed by atoms with Gasteiger partial charge in [-0.1, -0.05) is 23.8 Å². The molecular formula is C20H33BN2O3. The molecule has 1 N–H and O–H groups in total. The van der Waals surface area contributed by atoms with Gasteiger partial charge in [0.2, 0.25) is 0 Å². The van der Waals surface area contributed by atoms with Crippen LogP contribution in [-0.2, 0) is 15.0 Å². The van der Waals surface area contributed by atoms with E-state index in [2.05, 4.69) is 57.5 Å². The number of benzene rings is 1. The largest absolute Gasteiger partial charge is 0.495 e. The lowest BCUT2D eigenvalue weighted by Gasteiger charge is -2.42. The first-order valence-corrected chi connectivity index (χ1v) is 9.57. The molecule has 2 aliphatic rings. The van der Waals surface area contributed by atoms with Crippen LogP contribution in [0, 0.1) is 6.92 Å². The first kappa shape index (κ1) is 19.8. The van der Waals surface area contributed by atoms with Gasteiger partial charge in [0.1, 0.15) is 5.72 Å². The summed E-state index contributed by atoms with van der Waals surface area (Å²) in [6.45, 7) is 15.9. The lowest BCUT2D eigenvalue weighted by atomic mass is 9.75. The van der Waals surface area contributed by atoms with E-state index in [9.17, 15) is 5.11 Å². The minimum atomic E-state index is -0.972. The van der Waals surface area contributed by atoms with Gasteiger partial charge in [-0.05, 0) is 59.6 Å². The van der Waals surface area contributed by atoms with E-state index >= 15 is 0 Å². The fourth-order valence-corrected chi connectivity index (χ4v) is 3.63. The summed E-state index contributed by atoms with van der Waals surface area (Å²) < 4.78 is 12.4. The van der Waals surface area contributed by atoms with Gasteiger partial charge >= 0.3 is 7.12 Å². The number of hydrogen-bond donors (Lipinski definition) is 1. The second-order valence-electron chi connectivity index (χ2n) is 8.97. The highest BCUT2D eigenvalue weighted by Crippen LogP contribution is 2.37. The predicted molar refractivity (Wildman–Crippen MR) is 106 cm³/mol. The first-order valence-electron chi connectivity index (χ1n) is 9.57. The lowest BCUT2D eigenvalue weighted by molar-refractivity contribution is -0.115. The van der Waals surface area contributed by atoms with Gasteiger partial charge < -0.3 is 19.3 Å². The molecular weight excluding hydrogens is 327 g/mol. The molecule has 2 saturated heterocycles. The van der Waals surface area contributed by atoms with Crippen molar-refractivity contribution in [1.82, 2.24) is 9.80 Å². The summed E-state index contributed by atoms with van der Waals surface area (Å²) in [4.78, 5) is 4.44. The maximum absolute atomic E-state index is 11.2. The molecule has 2 aliphatic heterocycles. The fraction of sp³-hybridized carbons (Fsp3) is 0.700. The van der Waals surface area contributed by atoms with Gasteiger partial charge in [-0.3, -0.25) is 4.90 Å². The summed E-state index contributed by atoms with van der Waals surface area (Å²) >= 11 is 0. The van der Waals surface area contributed by atoms with Crippen LogP contribution >= 0.6 is 0 Å². The molecule has 0 radical (unpaired) electrons. The Labute approximate surface area is 158 Å². The monoisotopic (exact) mass is 360 g/mol. The summed E-state index contributed by atoms with van der Waals surface area (Å²) in [6, 6.07) is 6.11. The molecule has 5 nitrogen and oxygen atoms in total. The molecule has 0 aliphatic carbocycles. The normalized spacial score (nSPS) is 26.1. The Morgan fingerprint density at radius 3 is 2.08 bits per heavy atom. The number of piperazine rings is 1. The van der Waals surface area contributed by atoms with Crippen molar-refractivity contribution < 1.29 is 14.4 Å². The average molecular weight is 360 g/mol. The zero-order valence-corrected chi connectivity index (χ0v) is 17.3. The molecule has 1 aromatic carbocycles. The summed E-state index contributed by atoms with van der Waals surface area (Å²) in [7, 11) is 1.75. The Morgan fingerprint density at radius 1 is 1.04 bits per heavy atom. The van der Waals surface area contributed by atoms with E-state index in [1.54, 1.807) is 0 Å². The second kappa shape index (κ2) is 6.60. The van der Waals surface area contributed by atoms with E-state index < -0.39 is 5.72 Å². The van der Waals surface area contributed by atoms with Crippen LogP contribution in [0.1, 0.15) is 45.7 Å². The topological polar surface area (TPSA) is 45.2 Å². The van der Waals surface area contributed by atoms with Crippen molar-refractivity contribution >= 4 is 12.6 Å². The molecule has 0 spiro atoms. The zero-order valence-electron chi connectivity index (χ0n) is 17.3. The van der Waals surface area contributed by atoms with Crippen LogP contribution in [0.3, 0.4) is 0 Å². The molecule has 2 heterocycles. The van der Waals surface area contributed by atoms with Crippen molar-refractivity contribution in [3.63, 3.8) is 0 Å². The Kier molecular flexibility index (Phi) is 5.04. The van der Waals surface area contributed by atoms with Gasteiger partial charge in [-0.25, -0.2) is 0 Å². The molecule has 1 aromatic rings. The fourth-order valence-electron chi connectivity index (χ4n) is 3.63. The van der Waals surface area contributed by atoms with Crippen molar-refractivity contribution in [3.8, 4) is 0 Å². The smallest absolute Gasteiger partial charge is 0.399 e. The van der Waals surface area contributed by atoms with Gasteiger partial charge in [0, 0.05) is 26.2 Å². The number of rotatable bonds is 3. The van der Waals surface area contributed by atoms with E-state index in [0.717, 1.165) is 42.8 Å². The van der Waals surface area contributed by atoms with E-state index in [0.29, 0.717) is 0 Å². The molecule has 3 rings (SSSR count). The van der Waals surface area contributed by atoms with Crippen molar-refractivity contribution in [2.75, 3.05) is 33.2 Å². The molecule has 0 bridgehead atoms. The highest BCUT2D eigenvalue weighted by Gasteiger charge is 2.52. The summed E-state index contributed by atoms with van der Waals surface area (Å²) in [6.07, 6.45) is 0. The SMILES string of the molecule is Cc1cc(C(C)(O)N2CCN(C)CC2)ccc1B1OC(C)(C)C(C)(C)O1. The van der Waals surface area contributed by atoms with Crippen LogP contribution < -0.4 is 5.46 Å². The number of hydrogen-bond acceptors (Lipinski definition) is 5. The number of aliphatic hydroxyl groups is 1. The van der Waals surface area contributed by atoms with Crippen LogP contribution in [0.2, 0.25) is 0 Å². The molecule has 144 valence electrons. The van der Waals surface area contributed by atoms with Crippen LogP contribution in [0.4, 0.5) is 0 Å². The third-order valence-electron chi connectivity index (χ3n) is 6.44. The van der Waals surface area contributed by atoms with E-state index in [-0.39, 0.29) is 18.3 Å². The first-order chi connectivity index (χ1) is 11.9. The predicted octanol–water partition coefficient (Wildman–Crippen LogP) is 1.71. The van der Waals surface area contributed by atoms with Gasteiger partial charge in [0.15, 0.2) is 0 Å². The summed E-state index contributed by atoms with van der Waals surface area (Å²) in [5.41, 5.74) is 1.35. The molecule has 0 amide bonds. The third kappa shape index (κ3) is 3.46. The standard InChI is InChI=1S/C20H33BN2O3/c1-15-14-16(20(6,24)23-12-10-22(7)11-13-23)8-9-17(15)21-25-18(2,3)19(4,5)26-21/h8-9,14,24H,10-13H2,1-7H3. The second-order valence-corrected chi connectivity index (χ2v) is 8.97. The summed E-state index contributed by atoms with van der Waals surface area (Å²) in [5, 5.41) is 11.2. The maximum Gasteiger partial charge on any atom is 0.495 e. The molecule has 2 fully saturated rings. The van der Waals surface area contributed by atoms with Gasteiger partial charge in [-0.2, -0.15) is 0 Å². The molecule has 0 aromatic heterocycles. The highest BCUT2D eigenvalue weighted by molar-refractivity contribution is 6.62. The van der Waals surface area contributed by atoms with Crippen molar-refractivity contribution in [2.45, 2.75) is 58.5 Å². The lowest BCUT2D eigenvalue weighted by Crippen LogP contribution is -2.53. The van der Waals surface area contributed by atoms with Crippen molar-refractivity contribution in [3.05, 3.63) is 29.3 Å². The zero-order chi connectivity index (χ0) is 19.3. The summed E-state index contributed by atoms with van der Waals surface area (Å²) in [5.74, 6) is 0. The number of aryl methyl sites for hydroxylation is 1. The minimum absolute atomic E-state index is 0.353. The van der Waals surface area contributed by atoms with Gasteiger partial charge in [0.05, 0.1) is 11.2 Å². The van der Waals surface area contributed by atoms with Gasteiger partial charge in [-0.15, -0.1) is 0 Å². The minimum Gasteiger partial charge on any atom is -0.399 e. The van der Waals surface area contributed by atoms with E-state index in [1.807, 2.05) is 19.1 Å². The molecule has 1 atom stereocenters. The maximum atomic E-state index is 11.2. The quantitative estimate of drug-likeness (QED) is 0.832. The Morgan fingerprint density at radius 2 is 1.58 bits per heavy atom. The van der Waals surface area contributed by atoms with E-state index in [1.165, 1.54) is 0 Å². The number of likely N-dealkylation sites (N-methyl/N-ethyl adjacent to an activating group) is 1. The Bertz CT molecular complexity index is 651.